The predicted octanol–water partition coefficient (Wildman–Crippen LogP) is 3.12. The van der Waals surface area contributed by atoms with Crippen molar-refractivity contribution in [2.24, 2.45) is 0 Å². The number of piperidine rings is 1. The number of amides is 2. The van der Waals surface area contributed by atoms with Gasteiger partial charge in [-0.2, -0.15) is 0 Å². The summed E-state index contributed by atoms with van der Waals surface area (Å²) in [5, 5.41) is 6.68. The van der Waals surface area contributed by atoms with Gasteiger partial charge in [0.1, 0.15) is 5.82 Å². The lowest BCUT2D eigenvalue weighted by molar-refractivity contribution is 0.185. The molecule has 6 heteroatoms. The maximum Gasteiger partial charge on any atom is 0.321 e. The first-order chi connectivity index (χ1) is 12.7. The number of urea groups is 1. The number of nitrogens with zero attached hydrogens (tertiary/aromatic N) is 3. The lowest BCUT2D eigenvalue weighted by Gasteiger charge is -2.34. The minimum atomic E-state index is -0.00583. The first-order valence-electron chi connectivity index (χ1n) is 9.52. The summed E-state index contributed by atoms with van der Waals surface area (Å²) in [7, 11) is 0. The van der Waals surface area contributed by atoms with Crippen LogP contribution >= 0.6 is 0 Å². The Morgan fingerprint density at radius 1 is 1.27 bits per heavy atom. The van der Waals surface area contributed by atoms with E-state index in [1.54, 1.807) is 0 Å². The third-order valence-corrected chi connectivity index (χ3v) is 4.92. The number of aromatic nitrogens is 2. The van der Waals surface area contributed by atoms with Gasteiger partial charge in [0.2, 0.25) is 0 Å². The van der Waals surface area contributed by atoms with E-state index in [4.69, 9.17) is 0 Å². The zero-order chi connectivity index (χ0) is 18.4. The Hall–Kier alpha value is -2.34. The number of aryl methyl sites for hydroxylation is 1. The molecule has 1 fully saturated rings. The van der Waals surface area contributed by atoms with Crippen molar-refractivity contribution in [3.05, 3.63) is 48.5 Å². The number of benzene rings is 1. The van der Waals surface area contributed by atoms with Crippen LogP contribution in [-0.4, -0.2) is 45.7 Å². The second-order valence-electron chi connectivity index (χ2n) is 6.97. The summed E-state index contributed by atoms with van der Waals surface area (Å²) in [5.41, 5.74) is 0.846. The predicted molar refractivity (Wildman–Crippen MR) is 104 cm³/mol. The highest BCUT2D eigenvalue weighted by atomic mass is 16.2. The zero-order valence-electron chi connectivity index (χ0n) is 15.7. The van der Waals surface area contributed by atoms with Gasteiger partial charge in [0.25, 0.3) is 0 Å². The van der Waals surface area contributed by atoms with E-state index in [1.807, 2.05) is 47.6 Å². The number of imidazole rings is 1. The van der Waals surface area contributed by atoms with Gasteiger partial charge in [0.05, 0.1) is 0 Å². The normalized spacial score (nSPS) is 16.5. The number of nitrogens with one attached hydrogen (secondary N) is 2. The van der Waals surface area contributed by atoms with Crippen molar-refractivity contribution in [2.45, 2.75) is 51.7 Å². The minimum absolute atomic E-state index is 0.00583. The Balaban J connectivity index is 1.42. The van der Waals surface area contributed by atoms with Crippen LogP contribution in [0.5, 0.6) is 0 Å². The number of carbonyl (C=O) groups excluding carboxylic acids is 1. The topological polar surface area (TPSA) is 62.2 Å². The molecule has 140 valence electrons. The Morgan fingerprint density at radius 3 is 2.69 bits per heavy atom. The summed E-state index contributed by atoms with van der Waals surface area (Å²) in [6.45, 7) is 6.85. The highest BCUT2D eigenvalue weighted by Gasteiger charge is 2.23. The average Bonchev–Trinajstić information content (AvgIpc) is 3.10. The highest BCUT2D eigenvalue weighted by Crippen LogP contribution is 2.14. The Labute approximate surface area is 155 Å². The van der Waals surface area contributed by atoms with E-state index in [0.29, 0.717) is 12.1 Å². The van der Waals surface area contributed by atoms with Gasteiger partial charge in [-0.1, -0.05) is 25.1 Å². The van der Waals surface area contributed by atoms with Gasteiger partial charge >= 0.3 is 6.03 Å². The van der Waals surface area contributed by atoms with Crippen molar-refractivity contribution >= 4 is 11.7 Å². The first kappa shape index (κ1) is 18.5. The summed E-state index contributed by atoms with van der Waals surface area (Å²) in [4.78, 5) is 18.6. The molecule has 6 nitrogen and oxygen atoms in total. The van der Waals surface area contributed by atoms with Gasteiger partial charge in [0.15, 0.2) is 0 Å². The van der Waals surface area contributed by atoms with Crippen LogP contribution in [0.1, 0.15) is 32.5 Å². The average molecular weight is 355 g/mol. The van der Waals surface area contributed by atoms with Crippen LogP contribution < -0.4 is 10.6 Å². The summed E-state index contributed by atoms with van der Waals surface area (Å²) in [6.07, 6.45) is 6.84. The van der Waals surface area contributed by atoms with E-state index in [9.17, 15) is 4.79 Å². The molecule has 1 aliphatic heterocycles. The molecule has 0 spiro atoms. The van der Waals surface area contributed by atoms with Crippen molar-refractivity contribution < 1.29 is 4.79 Å². The molecule has 2 aromatic rings. The number of para-hydroxylation sites is 1. The lowest BCUT2D eigenvalue weighted by Crippen LogP contribution is -2.49. The van der Waals surface area contributed by atoms with Gasteiger partial charge in [-0.3, -0.25) is 0 Å². The van der Waals surface area contributed by atoms with Crippen LogP contribution in [0.2, 0.25) is 0 Å². The van der Waals surface area contributed by atoms with Gasteiger partial charge < -0.3 is 20.1 Å². The van der Waals surface area contributed by atoms with Crippen LogP contribution in [0.4, 0.5) is 10.5 Å². The van der Waals surface area contributed by atoms with Gasteiger partial charge in [-0.25, -0.2) is 9.78 Å². The van der Waals surface area contributed by atoms with Crippen molar-refractivity contribution in [1.29, 1.82) is 0 Å². The number of hydrogen-bond donors (Lipinski definition) is 2. The van der Waals surface area contributed by atoms with E-state index in [-0.39, 0.29) is 6.03 Å². The molecule has 0 saturated carbocycles. The SMILES string of the molecule is CCc1nccn1CC(C)NC1CCN(C(=O)Nc2ccccc2)CC1. The Bertz CT molecular complexity index is 691. The number of anilines is 1. The molecule has 1 aromatic carbocycles. The van der Waals surface area contributed by atoms with Crippen molar-refractivity contribution in [3.8, 4) is 0 Å². The van der Waals surface area contributed by atoms with Crippen molar-refractivity contribution in [3.63, 3.8) is 0 Å². The molecular weight excluding hydrogens is 326 g/mol. The summed E-state index contributed by atoms with van der Waals surface area (Å²) >= 11 is 0. The number of likely N-dealkylation sites (tertiary alicyclic amines) is 1. The van der Waals surface area contributed by atoms with Crippen LogP contribution in [-0.2, 0) is 13.0 Å². The highest BCUT2D eigenvalue weighted by molar-refractivity contribution is 5.89. The third kappa shape index (κ3) is 4.85. The fraction of sp³-hybridized carbons (Fsp3) is 0.500. The third-order valence-electron chi connectivity index (χ3n) is 4.92. The number of rotatable bonds is 6. The molecule has 0 radical (unpaired) electrons. The van der Waals surface area contributed by atoms with E-state index < -0.39 is 0 Å². The van der Waals surface area contributed by atoms with Crippen LogP contribution in [0.25, 0.3) is 0 Å². The smallest absolute Gasteiger partial charge is 0.321 e. The van der Waals surface area contributed by atoms with Gasteiger partial charge in [0, 0.05) is 56.2 Å². The lowest BCUT2D eigenvalue weighted by atomic mass is 10.0. The van der Waals surface area contributed by atoms with Crippen molar-refractivity contribution in [1.82, 2.24) is 19.8 Å². The quantitative estimate of drug-likeness (QED) is 0.837. The van der Waals surface area contributed by atoms with E-state index >= 15 is 0 Å². The van der Waals surface area contributed by atoms with Crippen LogP contribution in [0.3, 0.4) is 0 Å². The first-order valence-corrected chi connectivity index (χ1v) is 9.52. The van der Waals surface area contributed by atoms with Crippen LogP contribution in [0, 0.1) is 0 Å². The molecule has 1 unspecified atom stereocenters. The molecule has 0 aliphatic carbocycles. The molecule has 2 heterocycles. The molecule has 1 aliphatic rings. The summed E-state index contributed by atoms with van der Waals surface area (Å²) < 4.78 is 2.22. The van der Waals surface area contributed by atoms with Gasteiger partial charge in [-0.05, 0) is 31.9 Å². The molecule has 2 N–H and O–H groups in total. The molecular formula is C20H29N5O. The molecule has 0 bridgehead atoms. The number of hydrogen-bond acceptors (Lipinski definition) is 3. The van der Waals surface area contributed by atoms with Crippen LogP contribution in [0.15, 0.2) is 42.7 Å². The fourth-order valence-corrected chi connectivity index (χ4v) is 3.54. The largest absolute Gasteiger partial charge is 0.333 e. The van der Waals surface area contributed by atoms with Crippen molar-refractivity contribution in [2.75, 3.05) is 18.4 Å². The monoisotopic (exact) mass is 355 g/mol. The molecule has 2 amide bonds. The maximum atomic E-state index is 12.4. The Kier molecular flexibility index (Phi) is 6.28. The summed E-state index contributed by atoms with van der Waals surface area (Å²) in [6, 6.07) is 10.5. The Morgan fingerprint density at radius 2 is 2.00 bits per heavy atom. The molecule has 1 aromatic heterocycles. The minimum Gasteiger partial charge on any atom is -0.333 e. The van der Waals surface area contributed by atoms with E-state index in [2.05, 4.69) is 34.0 Å². The molecule has 26 heavy (non-hydrogen) atoms. The standard InChI is InChI=1S/C20H29N5O/c1-3-19-21-11-14-25(19)15-16(2)22-18-9-12-24(13-10-18)20(26)23-17-7-5-4-6-8-17/h4-8,11,14,16,18,22H,3,9-10,12-13,15H2,1-2H3,(H,23,26). The van der Waals surface area contributed by atoms with E-state index in [1.165, 1.54) is 0 Å². The second kappa shape index (κ2) is 8.85. The zero-order valence-corrected chi connectivity index (χ0v) is 15.7. The second-order valence-corrected chi connectivity index (χ2v) is 6.97. The number of carbonyl (C=O) groups is 1. The molecule has 1 atom stereocenters. The van der Waals surface area contributed by atoms with E-state index in [0.717, 1.165) is 50.4 Å². The fourth-order valence-electron chi connectivity index (χ4n) is 3.54. The maximum absolute atomic E-state index is 12.4. The van der Waals surface area contributed by atoms with Gasteiger partial charge in [-0.15, -0.1) is 0 Å². The molecule has 1 saturated heterocycles. The molecule has 3 rings (SSSR count). The summed E-state index contributed by atoms with van der Waals surface area (Å²) in [5.74, 6) is 1.13.